The highest BCUT2D eigenvalue weighted by Gasteiger charge is 2.39. The molecule has 0 saturated carbocycles. The molecule has 0 rings (SSSR count). The summed E-state index contributed by atoms with van der Waals surface area (Å²) >= 11 is 0. The summed E-state index contributed by atoms with van der Waals surface area (Å²) in [6, 6.07) is -25.1. The molecule has 0 bridgehead atoms. The fraction of sp³-hybridized carbons (Fsp3) is 0.569. The monoisotopic (exact) mass is 1380 g/mol. The largest absolute Gasteiger partial charge is 0.481 e. The second-order valence-corrected chi connectivity index (χ2v) is 20.7. The zero-order valence-electron chi connectivity index (χ0n) is 51.1. The van der Waals surface area contributed by atoms with Crippen molar-refractivity contribution in [1.29, 1.82) is 0 Å². The number of Topliss-reactive ketones (excluding diaryl/α,β-unsaturated/α-hetero) is 1. The summed E-state index contributed by atoms with van der Waals surface area (Å²) in [6.45, 7) is 0.230. The van der Waals surface area contributed by atoms with Crippen LogP contribution in [-0.4, -0.2) is 257 Å². The van der Waals surface area contributed by atoms with E-state index in [2.05, 4.69) is 10.6 Å². The maximum Gasteiger partial charge on any atom is 0.305 e. The molecule has 0 radical (unpaired) electrons. The van der Waals surface area contributed by atoms with Gasteiger partial charge in [0.1, 0.15) is 78.3 Å². The van der Waals surface area contributed by atoms with Crippen LogP contribution in [0.4, 0.5) is 0 Å². The van der Waals surface area contributed by atoms with E-state index < -0.39 is 287 Å². The fourth-order valence-electron chi connectivity index (χ4n) is 7.79. The van der Waals surface area contributed by atoms with Crippen LogP contribution in [0.3, 0.4) is 0 Å². The lowest BCUT2D eigenvalue weighted by molar-refractivity contribution is -0.143. The van der Waals surface area contributed by atoms with Crippen LogP contribution in [0.25, 0.3) is 0 Å². The van der Waals surface area contributed by atoms with E-state index in [0.717, 1.165) is 20.8 Å². The number of nitrogens with two attached hydrogens (primary N) is 3. The Hall–Kier alpha value is -11.5. The molecule has 26 N–H and O–H groups in total. The predicted octanol–water partition coefficient (Wildman–Crippen LogP) is -12.9. The molecule has 0 aliphatic rings. The van der Waals surface area contributed by atoms with E-state index in [9.17, 15) is 146 Å². The topological polar surface area (TPSA) is 760 Å². The van der Waals surface area contributed by atoms with Gasteiger partial charge in [-0.15, -0.1) is 0 Å². The Balaban J connectivity index is 6.87. The smallest absolute Gasteiger partial charge is 0.305 e. The number of carbonyl (C=O) groups excluding carboxylic acids is 16. The molecular formula is C51H75N15O30. The highest BCUT2D eigenvalue weighted by atomic mass is 16.4. The van der Waals surface area contributed by atoms with E-state index >= 15 is 0 Å². The molecule has 0 saturated heterocycles. The zero-order chi connectivity index (χ0) is 74.0. The molecule has 0 aromatic carbocycles. The maximum atomic E-state index is 13.8. The number of nitrogens with one attached hydrogen (secondary N) is 12. The number of carbonyl (C=O) groups is 22. The Morgan fingerprint density at radius 2 is 0.490 bits per heavy atom. The van der Waals surface area contributed by atoms with Crippen molar-refractivity contribution in [3.8, 4) is 0 Å². The molecule has 0 aromatic rings. The number of amides is 15. The normalized spacial score (nSPS) is 14.4. The number of primary amides is 3. The number of aliphatic hydroxyl groups is 2. The summed E-state index contributed by atoms with van der Waals surface area (Å²) in [5, 5.41) is 100. The molecule has 96 heavy (non-hydrogen) atoms. The number of hydrogen-bond donors (Lipinski definition) is 23. The average molecular weight is 1380 g/mol. The summed E-state index contributed by atoms with van der Waals surface area (Å²) in [5.74, 6) is -32.5. The van der Waals surface area contributed by atoms with Gasteiger partial charge in [0.2, 0.25) is 88.6 Å². The number of ketones is 1. The lowest BCUT2D eigenvalue weighted by Crippen LogP contribution is -2.62. The van der Waals surface area contributed by atoms with E-state index in [4.69, 9.17) is 17.2 Å². The molecule has 45 nitrogen and oxygen atoms in total. The first-order valence-electron chi connectivity index (χ1n) is 28.0. The average Bonchev–Trinajstić information content (AvgIpc) is 1.12. The van der Waals surface area contributed by atoms with Gasteiger partial charge in [-0.3, -0.25) is 101 Å². The van der Waals surface area contributed by atoms with E-state index in [0.29, 0.717) is 0 Å². The standard InChI is InChI=1S/C51H75N15O30/c1-18(69)4-5-21(41(86)55-19(2)40(54)85)57-42(87)22(6-8-34(73)74)58-47(92)27(13-37(79)80)64-51(96)31(17-68)65-45(90)25(11-33(53)72)61-48(93)28(14-38(81)82)62-43(88)23(7-9-35(75)76)59-50(95)30(16-67)66-49(94)29(15-39(83)84)63-44(89)24(10-32(52)71)60-46(91)26(12-36(77)78)56-20(3)70/h19,21-31,67-68H,4-17H2,1-3H3,(H2,52,71)(H2,53,72)(H2,54,85)(H,55,86)(H,56,70)(H,57,87)(H,58,92)(H,59,95)(H,60,91)(H,61,93)(H,62,88)(H,63,89)(H,64,96)(H,65,90)(H,66,94)(H,73,74)(H,75,76)(H,77,78)(H,79,80)(H,81,82)(H,83,84)/t19-,21-,22-,23-,24-,25-,26-,27-,28?,29-,30-,31-/m1/s1. The number of aliphatic carboxylic acids is 6. The Morgan fingerprint density at radius 1 is 0.281 bits per heavy atom. The SMILES string of the molecule is CC(=O)CC[C@@H](NC(=O)[C@@H](CCC(=O)O)NC(=O)[C@@H](CC(=O)O)NC(=O)[C@@H](CO)NC(=O)[C@@H](CC(N)=O)NC(=O)C(CC(=O)O)NC(=O)[C@@H](CCC(=O)O)NC(=O)[C@@H](CO)NC(=O)[C@@H](CC(=O)O)NC(=O)[C@@H](CC(N)=O)NC(=O)[C@@H](CC(=O)O)NC(C)=O)C(=O)N[C@H](C)C(N)=O. The van der Waals surface area contributed by atoms with Crippen molar-refractivity contribution >= 4 is 130 Å². The number of aliphatic hydroxyl groups excluding tert-OH is 2. The second-order valence-electron chi connectivity index (χ2n) is 20.7. The first-order valence-corrected chi connectivity index (χ1v) is 28.0. The molecule has 534 valence electrons. The number of hydrogen-bond acceptors (Lipinski definition) is 24. The van der Waals surface area contributed by atoms with Crippen molar-refractivity contribution < 1.29 is 146 Å². The highest BCUT2D eigenvalue weighted by molar-refractivity contribution is 6.02. The van der Waals surface area contributed by atoms with Crippen molar-refractivity contribution in [3.05, 3.63) is 0 Å². The van der Waals surface area contributed by atoms with Gasteiger partial charge in [-0.05, 0) is 33.1 Å². The van der Waals surface area contributed by atoms with Crippen molar-refractivity contribution in [2.75, 3.05) is 13.2 Å². The minimum Gasteiger partial charge on any atom is -0.481 e. The summed E-state index contributed by atoms with van der Waals surface area (Å²) in [5.41, 5.74) is 15.6. The molecule has 12 atom stereocenters. The first kappa shape index (κ1) is 84.5. The van der Waals surface area contributed by atoms with Crippen LogP contribution in [-0.2, 0) is 105 Å². The minimum atomic E-state index is -2.42. The van der Waals surface area contributed by atoms with E-state index in [1.807, 2.05) is 53.2 Å². The van der Waals surface area contributed by atoms with Crippen LogP contribution in [0.2, 0.25) is 0 Å². The molecule has 0 heterocycles. The number of rotatable bonds is 47. The van der Waals surface area contributed by atoms with Crippen molar-refractivity contribution in [1.82, 2.24) is 63.8 Å². The molecule has 45 heteroatoms. The van der Waals surface area contributed by atoms with Crippen LogP contribution >= 0.6 is 0 Å². The molecule has 15 amide bonds. The molecular weight excluding hydrogens is 1300 g/mol. The summed E-state index contributed by atoms with van der Waals surface area (Å²) in [6.07, 6.45) is -12.1. The van der Waals surface area contributed by atoms with Crippen LogP contribution < -0.4 is 81.0 Å². The third-order valence-corrected chi connectivity index (χ3v) is 12.6. The maximum absolute atomic E-state index is 13.8. The van der Waals surface area contributed by atoms with Gasteiger partial charge in [-0.25, -0.2) is 0 Å². The summed E-state index contributed by atoms with van der Waals surface area (Å²) < 4.78 is 0. The first-order chi connectivity index (χ1) is 44.5. The molecule has 0 aromatic heterocycles. The Morgan fingerprint density at radius 3 is 0.708 bits per heavy atom. The molecule has 0 aliphatic carbocycles. The lowest BCUT2D eigenvalue weighted by Gasteiger charge is -2.27. The van der Waals surface area contributed by atoms with E-state index in [-0.39, 0.29) is 6.42 Å². The summed E-state index contributed by atoms with van der Waals surface area (Å²) in [7, 11) is 0. The Bertz CT molecular complexity index is 2980. The van der Waals surface area contributed by atoms with Crippen molar-refractivity contribution in [2.45, 2.75) is 170 Å². The molecule has 0 fully saturated rings. The fourth-order valence-corrected chi connectivity index (χ4v) is 7.79. The predicted molar refractivity (Wildman–Crippen MR) is 308 cm³/mol. The number of carboxylic acids is 6. The van der Waals surface area contributed by atoms with E-state index in [1.165, 1.54) is 0 Å². The zero-order valence-corrected chi connectivity index (χ0v) is 51.1. The van der Waals surface area contributed by atoms with Gasteiger partial charge in [0.15, 0.2) is 0 Å². The lowest BCUT2D eigenvalue weighted by atomic mass is 10.0. The van der Waals surface area contributed by atoms with Gasteiger partial charge >= 0.3 is 35.8 Å². The van der Waals surface area contributed by atoms with Crippen molar-refractivity contribution in [3.63, 3.8) is 0 Å². The Kier molecular flexibility index (Phi) is 36.8. The summed E-state index contributed by atoms with van der Waals surface area (Å²) in [4.78, 5) is 277. The van der Waals surface area contributed by atoms with Gasteiger partial charge < -0.3 is 127 Å². The van der Waals surface area contributed by atoms with E-state index in [1.54, 1.807) is 0 Å². The Labute approximate surface area is 540 Å². The van der Waals surface area contributed by atoms with Crippen LogP contribution in [0.5, 0.6) is 0 Å². The molecule has 0 spiro atoms. The molecule has 1 unspecified atom stereocenters. The van der Waals surface area contributed by atoms with Gasteiger partial charge in [0.05, 0.1) is 51.7 Å². The van der Waals surface area contributed by atoms with Crippen molar-refractivity contribution in [2.24, 2.45) is 17.2 Å². The minimum absolute atomic E-state index is 0.349. The van der Waals surface area contributed by atoms with Gasteiger partial charge in [0.25, 0.3) is 0 Å². The van der Waals surface area contributed by atoms with Crippen LogP contribution in [0.1, 0.15) is 97.8 Å². The number of carboxylic acid groups (broad SMARTS) is 6. The second kappa shape index (κ2) is 41.8. The van der Waals surface area contributed by atoms with Gasteiger partial charge in [0, 0.05) is 26.2 Å². The van der Waals surface area contributed by atoms with Crippen LogP contribution in [0, 0.1) is 0 Å². The highest BCUT2D eigenvalue weighted by Crippen LogP contribution is 2.09. The van der Waals surface area contributed by atoms with Crippen LogP contribution in [0.15, 0.2) is 0 Å². The third kappa shape index (κ3) is 33.7. The quantitative estimate of drug-likeness (QED) is 0.0269. The van der Waals surface area contributed by atoms with Gasteiger partial charge in [-0.2, -0.15) is 0 Å². The van der Waals surface area contributed by atoms with Gasteiger partial charge in [-0.1, -0.05) is 0 Å². The molecule has 0 aliphatic heterocycles. The third-order valence-electron chi connectivity index (χ3n) is 12.6.